The minimum Gasteiger partial charge on any atom is -0.495 e. The fourth-order valence-corrected chi connectivity index (χ4v) is 1.92. The van der Waals surface area contributed by atoms with Crippen LogP contribution in [-0.4, -0.2) is 27.0 Å². The van der Waals surface area contributed by atoms with E-state index >= 15 is 0 Å². The highest BCUT2D eigenvalue weighted by molar-refractivity contribution is 5.36. The molecule has 0 aromatic carbocycles. The molecule has 2 aromatic heterocycles. The molecule has 5 nitrogen and oxygen atoms in total. The van der Waals surface area contributed by atoms with Crippen LogP contribution in [0.3, 0.4) is 0 Å². The predicted molar refractivity (Wildman–Crippen MR) is 67.4 cm³/mol. The zero-order valence-electron chi connectivity index (χ0n) is 10.6. The summed E-state index contributed by atoms with van der Waals surface area (Å²) in [5, 5.41) is 14.6. The number of aryl methyl sites for hydroxylation is 1. The molecule has 0 saturated carbocycles. The van der Waals surface area contributed by atoms with Gasteiger partial charge < -0.3 is 9.84 Å². The van der Waals surface area contributed by atoms with Gasteiger partial charge in [-0.25, -0.2) is 0 Å². The molecule has 0 aliphatic rings. The normalized spacial score (nSPS) is 12.4. The van der Waals surface area contributed by atoms with Crippen molar-refractivity contribution in [1.82, 2.24) is 14.8 Å². The number of aromatic nitrogens is 3. The Morgan fingerprint density at radius 1 is 1.39 bits per heavy atom. The van der Waals surface area contributed by atoms with E-state index in [2.05, 4.69) is 17.0 Å². The van der Waals surface area contributed by atoms with Gasteiger partial charge in [-0.2, -0.15) is 5.10 Å². The van der Waals surface area contributed by atoms with Gasteiger partial charge in [0, 0.05) is 24.5 Å². The maximum Gasteiger partial charge on any atom is 0.143 e. The highest BCUT2D eigenvalue weighted by Crippen LogP contribution is 2.28. The lowest BCUT2D eigenvalue weighted by molar-refractivity contribution is 0.202. The lowest BCUT2D eigenvalue weighted by Crippen LogP contribution is -2.11. The Kier molecular flexibility index (Phi) is 3.94. The Morgan fingerprint density at radius 3 is 2.94 bits per heavy atom. The second-order valence-electron chi connectivity index (χ2n) is 4.00. The van der Waals surface area contributed by atoms with Crippen molar-refractivity contribution in [3.8, 4) is 5.75 Å². The first-order valence-electron chi connectivity index (χ1n) is 5.95. The van der Waals surface area contributed by atoms with Crippen LogP contribution in [-0.2, 0) is 6.54 Å². The summed E-state index contributed by atoms with van der Waals surface area (Å²) in [6.45, 7) is 2.86. The van der Waals surface area contributed by atoms with E-state index in [0.717, 1.165) is 18.7 Å². The van der Waals surface area contributed by atoms with E-state index in [1.54, 1.807) is 31.8 Å². The maximum absolute atomic E-state index is 10.4. The summed E-state index contributed by atoms with van der Waals surface area (Å²) < 4.78 is 7.02. The van der Waals surface area contributed by atoms with Gasteiger partial charge in [0.2, 0.25) is 0 Å². The number of methoxy groups -OCH3 is 1. The summed E-state index contributed by atoms with van der Waals surface area (Å²) >= 11 is 0. The summed E-state index contributed by atoms with van der Waals surface area (Å²) in [7, 11) is 1.57. The van der Waals surface area contributed by atoms with Gasteiger partial charge in [-0.3, -0.25) is 9.67 Å². The molecule has 0 spiro atoms. The first-order valence-corrected chi connectivity index (χ1v) is 5.95. The van der Waals surface area contributed by atoms with Crippen molar-refractivity contribution >= 4 is 0 Å². The minimum atomic E-state index is -0.753. The summed E-state index contributed by atoms with van der Waals surface area (Å²) in [6, 6.07) is 3.58. The molecule has 0 amide bonds. The van der Waals surface area contributed by atoms with Crippen LogP contribution < -0.4 is 4.74 Å². The lowest BCUT2D eigenvalue weighted by Gasteiger charge is -2.15. The van der Waals surface area contributed by atoms with Crippen molar-refractivity contribution in [3.05, 3.63) is 42.0 Å². The first kappa shape index (κ1) is 12.6. The molecule has 0 bridgehead atoms. The van der Waals surface area contributed by atoms with Gasteiger partial charge in [0.05, 0.1) is 19.0 Å². The van der Waals surface area contributed by atoms with Gasteiger partial charge in [-0.05, 0) is 18.6 Å². The Bertz CT molecular complexity index is 510. The van der Waals surface area contributed by atoms with E-state index in [1.165, 1.54) is 0 Å². The molecule has 18 heavy (non-hydrogen) atoms. The van der Waals surface area contributed by atoms with Crippen molar-refractivity contribution in [3.63, 3.8) is 0 Å². The maximum atomic E-state index is 10.4. The third kappa shape index (κ3) is 2.36. The van der Waals surface area contributed by atoms with Gasteiger partial charge in [0.1, 0.15) is 11.9 Å². The van der Waals surface area contributed by atoms with Crippen LogP contribution in [0.5, 0.6) is 5.75 Å². The Labute approximate surface area is 106 Å². The molecule has 0 aliphatic heterocycles. The van der Waals surface area contributed by atoms with Gasteiger partial charge in [-0.15, -0.1) is 0 Å². The van der Waals surface area contributed by atoms with Crippen LogP contribution in [0.15, 0.2) is 30.7 Å². The van der Waals surface area contributed by atoms with Crippen molar-refractivity contribution in [2.24, 2.45) is 0 Å². The number of pyridine rings is 1. The largest absolute Gasteiger partial charge is 0.495 e. The summed E-state index contributed by atoms with van der Waals surface area (Å²) in [5.74, 6) is 0.578. The molecule has 2 aromatic rings. The predicted octanol–water partition coefficient (Wildman–Crippen LogP) is 1.78. The number of rotatable bonds is 5. The van der Waals surface area contributed by atoms with Crippen molar-refractivity contribution in [1.29, 1.82) is 0 Å². The van der Waals surface area contributed by atoms with Gasteiger partial charge >= 0.3 is 0 Å². The van der Waals surface area contributed by atoms with Crippen LogP contribution in [0, 0.1) is 0 Å². The fraction of sp³-hybridized carbons (Fsp3) is 0.385. The molecule has 1 unspecified atom stereocenters. The van der Waals surface area contributed by atoms with Crippen LogP contribution in [0.25, 0.3) is 0 Å². The van der Waals surface area contributed by atoms with E-state index in [-0.39, 0.29) is 0 Å². The van der Waals surface area contributed by atoms with Crippen molar-refractivity contribution in [2.75, 3.05) is 7.11 Å². The van der Waals surface area contributed by atoms with Gasteiger partial charge in [-0.1, -0.05) is 6.92 Å². The Balaban J connectivity index is 2.35. The van der Waals surface area contributed by atoms with Crippen LogP contribution in [0.4, 0.5) is 0 Å². The van der Waals surface area contributed by atoms with Crippen LogP contribution in [0.1, 0.15) is 30.7 Å². The molecule has 0 saturated heterocycles. The quantitative estimate of drug-likeness (QED) is 0.875. The van der Waals surface area contributed by atoms with Crippen LogP contribution >= 0.6 is 0 Å². The third-order valence-electron chi connectivity index (χ3n) is 2.80. The zero-order chi connectivity index (χ0) is 13.0. The Morgan fingerprint density at radius 2 is 2.22 bits per heavy atom. The molecule has 0 aliphatic carbocycles. The molecule has 0 fully saturated rings. The molecular weight excluding hydrogens is 230 g/mol. The molecule has 2 rings (SSSR count). The van der Waals surface area contributed by atoms with E-state index < -0.39 is 6.10 Å². The number of nitrogens with zero attached hydrogens (tertiary/aromatic N) is 3. The SMILES string of the molecule is CCCn1nccc1C(O)c1ccncc1OC. The molecule has 1 N–H and O–H groups in total. The lowest BCUT2D eigenvalue weighted by atomic mass is 10.1. The molecular formula is C13H17N3O2. The second kappa shape index (κ2) is 5.64. The fourth-order valence-electron chi connectivity index (χ4n) is 1.92. The van der Waals surface area contributed by atoms with Gasteiger partial charge in [0.25, 0.3) is 0 Å². The molecule has 5 heteroatoms. The van der Waals surface area contributed by atoms with Crippen LogP contribution in [0.2, 0.25) is 0 Å². The highest BCUT2D eigenvalue weighted by Gasteiger charge is 2.18. The monoisotopic (exact) mass is 247 g/mol. The minimum absolute atomic E-state index is 0.578. The number of aliphatic hydroxyl groups excluding tert-OH is 1. The summed E-state index contributed by atoms with van der Waals surface area (Å²) in [6.07, 6.45) is 5.15. The zero-order valence-corrected chi connectivity index (χ0v) is 10.6. The molecule has 1 atom stereocenters. The third-order valence-corrected chi connectivity index (χ3v) is 2.80. The molecule has 2 heterocycles. The topological polar surface area (TPSA) is 60.2 Å². The highest BCUT2D eigenvalue weighted by atomic mass is 16.5. The second-order valence-corrected chi connectivity index (χ2v) is 4.00. The Hall–Kier alpha value is -1.88. The number of ether oxygens (including phenoxy) is 1. The number of aliphatic hydroxyl groups is 1. The summed E-state index contributed by atoms with van der Waals surface area (Å²) in [4.78, 5) is 3.98. The van der Waals surface area contributed by atoms with Gasteiger partial charge in [0.15, 0.2) is 0 Å². The smallest absolute Gasteiger partial charge is 0.143 e. The van der Waals surface area contributed by atoms with E-state index in [9.17, 15) is 5.11 Å². The average Bonchev–Trinajstić information content (AvgIpc) is 2.86. The van der Waals surface area contributed by atoms with E-state index in [0.29, 0.717) is 11.3 Å². The standard InChI is InChI=1S/C13H17N3O2/c1-3-8-16-11(5-7-15-16)13(17)10-4-6-14-9-12(10)18-2/h4-7,9,13,17H,3,8H2,1-2H3. The van der Waals surface area contributed by atoms with Crippen molar-refractivity contribution in [2.45, 2.75) is 26.0 Å². The van der Waals surface area contributed by atoms with E-state index in [4.69, 9.17) is 4.74 Å². The molecule has 96 valence electrons. The number of hydrogen-bond donors (Lipinski definition) is 1. The first-order chi connectivity index (χ1) is 8.77. The summed E-state index contributed by atoms with van der Waals surface area (Å²) in [5.41, 5.74) is 1.46. The average molecular weight is 247 g/mol. The molecule has 0 radical (unpaired) electrons. The van der Waals surface area contributed by atoms with Crippen molar-refractivity contribution < 1.29 is 9.84 Å². The van der Waals surface area contributed by atoms with E-state index in [1.807, 2.05) is 10.7 Å². The number of hydrogen-bond acceptors (Lipinski definition) is 4.